The summed E-state index contributed by atoms with van der Waals surface area (Å²) >= 11 is 0. The van der Waals surface area contributed by atoms with Crippen molar-refractivity contribution in [3.05, 3.63) is 29.1 Å². The second-order valence-electron chi connectivity index (χ2n) is 3.03. The number of aromatic nitrogens is 1. The fourth-order valence-corrected chi connectivity index (χ4v) is 1.12. The smallest absolute Gasteiger partial charge is 0.247 e. The number of pyridine rings is 1. The Balaban J connectivity index is 3.39. The standard InChI is InChI=1S/C9H4F6N2/c10-8(11,12)6-2-1-5(3-4-16)17-7(6)9(13,14)15/h1-2H,3H2. The Bertz CT molecular complexity index is 454. The van der Waals surface area contributed by atoms with E-state index in [-0.39, 0.29) is 11.8 Å². The predicted octanol–water partition coefficient (Wildman–Crippen LogP) is 3.19. The van der Waals surface area contributed by atoms with Gasteiger partial charge in [-0.1, -0.05) is 0 Å². The molecule has 0 saturated carbocycles. The van der Waals surface area contributed by atoms with Crippen molar-refractivity contribution in [2.75, 3.05) is 0 Å². The quantitative estimate of drug-likeness (QED) is 0.721. The number of rotatable bonds is 1. The van der Waals surface area contributed by atoms with Crippen LogP contribution in [0.15, 0.2) is 12.1 Å². The Morgan fingerprint density at radius 3 is 2.06 bits per heavy atom. The summed E-state index contributed by atoms with van der Waals surface area (Å²) in [4.78, 5) is 2.83. The Morgan fingerprint density at radius 1 is 1.06 bits per heavy atom. The second-order valence-corrected chi connectivity index (χ2v) is 3.03. The summed E-state index contributed by atoms with van der Waals surface area (Å²) in [6, 6.07) is 2.54. The summed E-state index contributed by atoms with van der Waals surface area (Å²) in [5.74, 6) is 0. The molecule has 0 radical (unpaired) electrons. The van der Waals surface area contributed by atoms with Crippen molar-refractivity contribution in [2.45, 2.75) is 18.8 Å². The van der Waals surface area contributed by atoms with Gasteiger partial charge in [0.2, 0.25) is 0 Å². The van der Waals surface area contributed by atoms with Gasteiger partial charge < -0.3 is 0 Å². The highest BCUT2D eigenvalue weighted by Crippen LogP contribution is 2.39. The summed E-state index contributed by atoms with van der Waals surface area (Å²) in [6.07, 6.45) is -10.8. The van der Waals surface area contributed by atoms with E-state index in [4.69, 9.17) is 5.26 Å². The minimum atomic E-state index is -5.21. The lowest BCUT2D eigenvalue weighted by molar-refractivity contribution is -0.164. The second kappa shape index (κ2) is 4.24. The molecule has 17 heavy (non-hydrogen) atoms. The molecule has 8 heteroatoms. The van der Waals surface area contributed by atoms with Crippen LogP contribution in [0.1, 0.15) is 17.0 Å². The SMILES string of the molecule is N#CCc1ccc(C(F)(F)F)c(C(F)(F)F)n1. The Hall–Kier alpha value is -1.78. The monoisotopic (exact) mass is 254 g/mol. The first-order chi connectivity index (χ1) is 7.66. The van der Waals surface area contributed by atoms with Gasteiger partial charge in [0.05, 0.1) is 23.7 Å². The molecule has 0 spiro atoms. The molecule has 92 valence electrons. The third kappa shape index (κ3) is 3.09. The van der Waals surface area contributed by atoms with E-state index >= 15 is 0 Å². The highest BCUT2D eigenvalue weighted by atomic mass is 19.4. The summed E-state index contributed by atoms with van der Waals surface area (Å²) in [5.41, 5.74) is -4.22. The van der Waals surface area contributed by atoms with Gasteiger partial charge in [0.25, 0.3) is 0 Å². The lowest BCUT2D eigenvalue weighted by Gasteiger charge is -2.14. The zero-order valence-corrected chi connectivity index (χ0v) is 8.02. The van der Waals surface area contributed by atoms with Gasteiger partial charge in [0.15, 0.2) is 5.69 Å². The number of nitrogens with zero attached hydrogens (tertiary/aromatic N) is 2. The van der Waals surface area contributed by atoms with Crippen LogP contribution in [-0.2, 0) is 18.8 Å². The largest absolute Gasteiger partial charge is 0.433 e. The molecule has 1 aromatic heterocycles. The van der Waals surface area contributed by atoms with Gasteiger partial charge in [0, 0.05) is 0 Å². The lowest BCUT2D eigenvalue weighted by atomic mass is 10.1. The normalized spacial score (nSPS) is 12.3. The topological polar surface area (TPSA) is 36.7 Å². The Morgan fingerprint density at radius 2 is 1.65 bits per heavy atom. The first-order valence-electron chi connectivity index (χ1n) is 4.17. The molecular weight excluding hydrogens is 250 g/mol. The van der Waals surface area contributed by atoms with Gasteiger partial charge in [-0.3, -0.25) is 0 Å². The molecule has 1 heterocycles. The minimum absolute atomic E-state index is 0.280. The van der Waals surface area contributed by atoms with Crippen LogP contribution in [0.25, 0.3) is 0 Å². The van der Waals surface area contributed by atoms with Crippen LogP contribution >= 0.6 is 0 Å². The highest BCUT2D eigenvalue weighted by Gasteiger charge is 2.44. The van der Waals surface area contributed by atoms with Crippen LogP contribution in [0.2, 0.25) is 0 Å². The molecule has 2 nitrogen and oxygen atoms in total. The zero-order valence-electron chi connectivity index (χ0n) is 8.02. The van der Waals surface area contributed by atoms with E-state index in [1.165, 1.54) is 6.07 Å². The minimum Gasteiger partial charge on any atom is -0.247 e. The van der Waals surface area contributed by atoms with Gasteiger partial charge in [-0.25, -0.2) is 4.98 Å². The summed E-state index contributed by atoms with van der Waals surface area (Å²) in [5, 5.41) is 8.25. The highest BCUT2D eigenvalue weighted by molar-refractivity contribution is 5.28. The molecule has 0 aliphatic rings. The first kappa shape index (κ1) is 13.3. The lowest BCUT2D eigenvalue weighted by Crippen LogP contribution is -2.19. The number of hydrogen-bond donors (Lipinski definition) is 0. The summed E-state index contributed by atoms with van der Waals surface area (Å²) < 4.78 is 73.9. The van der Waals surface area contributed by atoms with Crippen LogP contribution in [0, 0.1) is 11.3 Å². The average molecular weight is 254 g/mol. The number of hydrogen-bond acceptors (Lipinski definition) is 2. The molecule has 0 atom stereocenters. The fourth-order valence-electron chi connectivity index (χ4n) is 1.12. The van der Waals surface area contributed by atoms with Gasteiger partial charge >= 0.3 is 12.4 Å². The van der Waals surface area contributed by atoms with Crippen LogP contribution in [0.5, 0.6) is 0 Å². The van der Waals surface area contributed by atoms with Crippen LogP contribution in [0.3, 0.4) is 0 Å². The molecule has 0 saturated heterocycles. The molecule has 0 N–H and O–H groups in total. The summed E-state index contributed by atoms with van der Waals surface area (Å²) in [6.45, 7) is 0. The number of nitriles is 1. The van der Waals surface area contributed by atoms with Gasteiger partial charge in [-0.2, -0.15) is 31.6 Å². The van der Waals surface area contributed by atoms with Crippen molar-refractivity contribution < 1.29 is 26.3 Å². The maximum absolute atomic E-state index is 12.4. The van der Waals surface area contributed by atoms with Crippen LogP contribution in [0.4, 0.5) is 26.3 Å². The third-order valence-corrected chi connectivity index (χ3v) is 1.79. The van der Waals surface area contributed by atoms with E-state index < -0.39 is 30.0 Å². The molecule has 1 rings (SSSR count). The first-order valence-corrected chi connectivity index (χ1v) is 4.17. The van der Waals surface area contributed by atoms with Crippen molar-refractivity contribution in [3.63, 3.8) is 0 Å². The van der Waals surface area contributed by atoms with E-state index in [0.717, 1.165) is 6.07 Å². The Kier molecular flexibility index (Phi) is 3.31. The van der Waals surface area contributed by atoms with Gasteiger partial charge in [-0.15, -0.1) is 0 Å². The molecule has 0 aliphatic heterocycles. The molecule has 0 aromatic carbocycles. The third-order valence-electron chi connectivity index (χ3n) is 1.79. The van der Waals surface area contributed by atoms with E-state index in [1.54, 1.807) is 0 Å². The van der Waals surface area contributed by atoms with E-state index in [9.17, 15) is 26.3 Å². The van der Waals surface area contributed by atoms with Crippen molar-refractivity contribution >= 4 is 0 Å². The van der Waals surface area contributed by atoms with Crippen LogP contribution in [-0.4, -0.2) is 4.98 Å². The number of alkyl halides is 6. The van der Waals surface area contributed by atoms with Crippen molar-refractivity contribution in [1.82, 2.24) is 4.98 Å². The number of halogens is 6. The fraction of sp³-hybridized carbons (Fsp3) is 0.333. The van der Waals surface area contributed by atoms with Gasteiger partial charge in [-0.05, 0) is 12.1 Å². The van der Waals surface area contributed by atoms with Crippen molar-refractivity contribution in [1.29, 1.82) is 5.26 Å². The van der Waals surface area contributed by atoms with E-state index in [1.807, 2.05) is 0 Å². The zero-order chi connectivity index (χ0) is 13.3. The molecule has 0 aliphatic carbocycles. The molecule has 0 fully saturated rings. The average Bonchev–Trinajstić information content (AvgIpc) is 2.15. The maximum Gasteiger partial charge on any atom is 0.433 e. The van der Waals surface area contributed by atoms with Crippen molar-refractivity contribution in [2.24, 2.45) is 0 Å². The molecule has 0 amide bonds. The predicted molar refractivity (Wildman–Crippen MR) is 43.6 cm³/mol. The molecule has 0 bridgehead atoms. The van der Waals surface area contributed by atoms with E-state index in [0.29, 0.717) is 0 Å². The summed E-state index contributed by atoms with van der Waals surface area (Å²) in [7, 11) is 0. The molecular formula is C9H4F6N2. The van der Waals surface area contributed by atoms with Crippen molar-refractivity contribution in [3.8, 4) is 6.07 Å². The molecule has 1 aromatic rings. The van der Waals surface area contributed by atoms with Gasteiger partial charge in [0.1, 0.15) is 0 Å². The Labute approximate surface area is 91.5 Å². The molecule has 0 unspecified atom stereocenters. The van der Waals surface area contributed by atoms with E-state index in [2.05, 4.69) is 4.98 Å². The maximum atomic E-state index is 12.4. The van der Waals surface area contributed by atoms with Crippen LogP contribution < -0.4 is 0 Å².